The third-order valence-electron chi connectivity index (χ3n) is 3.47. The maximum atomic E-state index is 13.6. The number of rotatable bonds is 5. The molecule has 25 heavy (non-hydrogen) atoms. The Labute approximate surface area is 142 Å². The Morgan fingerprint density at radius 1 is 1.24 bits per heavy atom. The van der Waals surface area contributed by atoms with Crippen LogP contribution in [0, 0.1) is 35.6 Å². The first-order chi connectivity index (χ1) is 11.7. The van der Waals surface area contributed by atoms with Gasteiger partial charge in [-0.3, -0.25) is 14.9 Å². The second kappa shape index (κ2) is 7.25. The number of halogens is 2. The lowest BCUT2D eigenvalue weighted by molar-refractivity contribution is -0.386. The van der Waals surface area contributed by atoms with Crippen LogP contribution in [0.5, 0.6) is 5.75 Å². The summed E-state index contributed by atoms with van der Waals surface area (Å²) in [5, 5.41) is 13.3. The van der Waals surface area contributed by atoms with Gasteiger partial charge in [-0.1, -0.05) is 12.1 Å². The van der Waals surface area contributed by atoms with Gasteiger partial charge < -0.3 is 10.1 Å². The Hall–Kier alpha value is -3.03. The first-order valence-electron chi connectivity index (χ1n) is 7.38. The van der Waals surface area contributed by atoms with Crippen LogP contribution in [0.15, 0.2) is 30.3 Å². The smallest absolute Gasteiger partial charge is 0.311 e. The second-order valence-electron chi connectivity index (χ2n) is 5.53. The van der Waals surface area contributed by atoms with E-state index in [0.29, 0.717) is 11.1 Å². The average Bonchev–Trinajstić information content (AvgIpc) is 2.52. The maximum Gasteiger partial charge on any atom is 0.311 e. The van der Waals surface area contributed by atoms with E-state index < -0.39 is 34.3 Å². The number of carbonyl (C=O) groups excluding carboxylic acids is 1. The van der Waals surface area contributed by atoms with Crippen LogP contribution in [0.4, 0.5) is 20.2 Å². The second-order valence-corrected chi connectivity index (χ2v) is 5.53. The topological polar surface area (TPSA) is 81.5 Å². The van der Waals surface area contributed by atoms with Crippen LogP contribution in [0.1, 0.15) is 18.1 Å². The highest BCUT2D eigenvalue weighted by atomic mass is 19.1. The Kier molecular flexibility index (Phi) is 5.31. The number of nitro groups is 1. The molecular formula is C17H16F2N2O4. The van der Waals surface area contributed by atoms with E-state index in [9.17, 15) is 23.7 Å². The molecule has 0 heterocycles. The number of nitrogens with zero attached hydrogens (tertiary/aromatic N) is 1. The summed E-state index contributed by atoms with van der Waals surface area (Å²) in [5.41, 5.74) is 0.262. The Morgan fingerprint density at radius 2 is 1.84 bits per heavy atom. The van der Waals surface area contributed by atoms with Crippen LogP contribution in [0.2, 0.25) is 0 Å². The van der Waals surface area contributed by atoms with E-state index in [-0.39, 0.29) is 11.4 Å². The standard InChI is InChI=1S/C17H16F2N2O4/c1-9-7-10(2)16(14(8-9)21(23)24)25-11(3)17(22)20-15-12(18)5-4-6-13(15)19/h4-8,11H,1-3H3,(H,20,22)/t11-/m1/s1. The van der Waals surface area contributed by atoms with Crippen LogP contribution in [-0.2, 0) is 4.79 Å². The summed E-state index contributed by atoms with van der Waals surface area (Å²) < 4.78 is 32.6. The summed E-state index contributed by atoms with van der Waals surface area (Å²) >= 11 is 0. The summed E-state index contributed by atoms with van der Waals surface area (Å²) in [6.45, 7) is 4.63. The first kappa shape index (κ1) is 18.3. The fourth-order valence-electron chi connectivity index (χ4n) is 2.29. The van der Waals surface area contributed by atoms with Crippen LogP contribution < -0.4 is 10.1 Å². The summed E-state index contributed by atoms with van der Waals surface area (Å²) in [6, 6.07) is 6.16. The number of benzene rings is 2. The Balaban J connectivity index is 2.24. The molecule has 0 bridgehead atoms. The molecule has 0 fully saturated rings. The zero-order valence-electron chi connectivity index (χ0n) is 13.8. The zero-order chi connectivity index (χ0) is 18.7. The van der Waals surface area contributed by atoms with Gasteiger partial charge in [-0.2, -0.15) is 0 Å². The summed E-state index contributed by atoms with van der Waals surface area (Å²) in [4.78, 5) is 22.7. The van der Waals surface area contributed by atoms with Crippen molar-refractivity contribution in [3.05, 3.63) is 63.2 Å². The van der Waals surface area contributed by atoms with E-state index in [1.54, 1.807) is 19.9 Å². The van der Waals surface area contributed by atoms with Gasteiger partial charge >= 0.3 is 5.69 Å². The Bertz CT molecular complexity index is 819. The van der Waals surface area contributed by atoms with Crippen molar-refractivity contribution in [3.8, 4) is 5.75 Å². The van der Waals surface area contributed by atoms with E-state index in [1.807, 2.05) is 0 Å². The molecule has 0 unspecified atom stereocenters. The predicted molar refractivity (Wildman–Crippen MR) is 87.6 cm³/mol. The molecule has 0 spiro atoms. The van der Waals surface area contributed by atoms with Crippen molar-refractivity contribution in [3.63, 3.8) is 0 Å². The minimum Gasteiger partial charge on any atom is -0.473 e. The quantitative estimate of drug-likeness (QED) is 0.655. The molecular weight excluding hydrogens is 334 g/mol. The van der Waals surface area contributed by atoms with E-state index in [4.69, 9.17) is 4.74 Å². The van der Waals surface area contributed by atoms with E-state index in [1.165, 1.54) is 19.1 Å². The molecule has 0 saturated heterocycles. The molecule has 2 rings (SSSR count). The molecule has 0 aliphatic carbocycles. The van der Waals surface area contributed by atoms with Gasteiger partial charge in [0.1, 0.15) is 17.3 Å². The maximum absolute atomic E-state index is 13.6. The van der Waals surface area contributed by atoms with Crippen molar-refractivity contribution < 1.29 is 23.2 Å². The van der Waals surface area contributed by atoms with Gasteiger partial charge in [-0.25, -0.2) is 8.78 Å². The number of para-hydroxylation sites is 1. The highest BCUT2D eigenvalue weighted by Crippen LogP contribution is 2.33. The third kappa shape index (κ3) is 4.09. The van der Waals surface area contributed by atoms with Gasteiger partial charge in [0.2, 0.25) is 5.75 Å². The molecule has 132 valence electrons. The number of hydrogen-bond donors (Lipinski definition) is 1. The first-order valence-corrected chi connectivity index (χ1v) is 7.38. The van der Waals surface area contributed by atoms with Crippen molar-refractivity contribution in [1.82, 2.24) is 0 Å². The number of nitro benzene ring substituents is 1. The molecule has 6 nitrogen and oxygen atoms in total. The molecule has 0 aliphatic rings. The number of nitrogens with one attached hydrogen (secondary N) is 1. The van der Waals surface area contributed by atoms with Crippen molar-refractivity contribution in [2.75, 3.05) is 5.32 Å². The molecule has 1 N–H and O–H groups in total. The molecule has 0 radical (unpaired) electrons. The van der Waals surface area contributed by atoms with Crippen LogP contribution >= 0.6 is 0 Å². The number of ether oxygens (including phenoxy) is 1. The minimum atomic E-state index is -1.21. The molecule has 0 aliphatic heterocycles. The molecule has 1 atom stereocenters. The summed E-state index contributed by atoms with van der Waals surface area (Å²) in [7, 11) is 0. The van der Waals surface area contributed by atoms with Crippen molar-refractivity contribution in [2.45, 2.75) is 26.9 Å². The van der Waals surface area contributed by atoms with E-state index >= 15 is 0 Å². The number of carbonyl (C=O) groups is 1. The lowest BCUT2D eigenvalue weighted by Gasteiger charge is -2.17. The molecule has 8 heteroatoms. The lowest BCUT2D eigenvalue weighted by atomic mass is 10.1. The normalized spacial score (nSPS) is 11.7. The highest BCUT2D eigenvalue weighted by molar-refractivity contribution is 5.94. The van der Waals surface area contributed by atoms with Gasteiger partial charge in [-0.05, 0) is 44.0 Å². The molecule has 0 saturated carbocycles. The van der Waals surface area contributed by atoms with Crippen LogP contribution in [0.3, 0.4) is 0 Å². The van der Waals surface area contributed by atoms with Gasteiger partial charge in [0.15, 0.2) is 6.10 Å². The van der Waals surface area contributed by atoms with E-state index in [2.05, 4.69) is 5.32 Å². The largest absolute Gasteiger partial charge is 0.473 e. The van der Waals surface area contributed by atoms with Crippen molar-refractivity contribution in [1.29, 1.82) is 0 Å². The Morgan fingerprint density at radius 3 is 2.40 bits per heavy atom. The van der Waals surface area contributed by atoms with Gasteiger partial charge in [0.25, 0.3) is 5.91 Å². The molecule has 0 aromatic heterocycles. The number of amides is 1. The zero-order valence-corrected chi connectivity index (χ0v) is 13.8. The average molecular weight is 350 g/mol. The van der Waals surface area contributed by atoms with Gasteiger partial charge in [0.05, 0.1) is 4.92 Å². The molecule has 2 aromatic carbocycles. The summed E-state index contributed by atoms with van der Waals surface area (Å²) in [6.07, 6.45) is -1.21. The number of hydrogen-bond acceptors (Lipinski definition) is 4. The fourth-order valence-corrected chi connectivity index (χ4v) is 2.29. The minimum absolute atomic E-state index is 0.0627. The summed E-state index contributed by atoms with van der Waals surface area (Å²) in [5.74, 6) is -2.76. The van der Waals surface area contributed by atoms with Crippen molar-refractivity contribution in [2.24, 2.45) is 0 Å². The molecule has 1 amide bonds. The van der Waals surface area contributed by atoms with Gasteiger partial charge in [0, 0.05) is 6.07 Å². The monoisotopic (exact) mass is 350 g/mol. The highest BCUT2D eigenvalue weighted by Gasteiger charge is 2.24. The van der Waals surface area contributed by atoms with Crippen LogP contribution in [0.25, 0.3) is 0 Å². The fraction of sp³-hybridized carbons (Fsp3) is 0.235. The van der Waals surface area contributed by atoms with Gasteiger partial charge in [-0.15, -0.1) is 0 Å². The SMILES string of the molecule is Cc1cc(C)c(O[C@H](C)C(=O)Nc2c(F)cccc2F)c([N+](=O)[O-])c1. The number of anilines is 1. The number of aryl methyl sites for hydroxylation is 2. The lowest BCUT2D eigenvalue weighted by Crippen LogP contribution is -2.31. The van der Waals surface area contributed by atoms with Crippen molar-refractivity contribution >= 4 is 17.3 Å². The van der Waals surface area contributed by atoms with Crippen LogP contribution in [-0.4, -0.2) is 16.9 Å². The molecule has 2 aromatic rings. The van der Waals surface area contributed by atoms with E-state index in [0.717, 1.165) is 12.1 Å². The third-order valence-corrected chi connectivity index (χ3v) is 3.47. The predicted octanol–water partition coefficient (Wildman–Crippen LogP) is 3.90.